The molecule has 0 spiro atoms. The molecule has 1 aromatic heterocycles. The summed E-state index contributed by atoms with van der Waals surface area (Å²) in [7, 11) is 1.65. The second-order valence-corrected chi connectivity index (χ2v) is 4.31. The van der Waals surface area contributed by atoms with Gasteiger partial charge in [-0.3, -0.25) is 0 Å². The minimum absolute atomic E-state index is 0.559. The zero-order valence-corrected chi connectivity index (χ0v) is 10.7. The minimum atomic E-state index is 0.559. The number of halogens is 2. The molecule has 17 heavy (non-hydrogen) atoms. The third-order valence-corrected chi connectivity index (χ3v) is 2.87. The van der Waals surface area contributed by atoms with Crippen LogP contribution in [0.25, 0.3) is 11.4 Å². The molecule has 0 saturated heterocycles. The van der Waals surface area contributed by atoms with Crippen LogP contribution >= 0.6 is 23.2 Å². The molecule has 0 amide bonds. The molecule has 0 unspecified atom stereocenters. The van der Waals surface area contributed by atoms with Crippen molar-refractivity contribution >= 4 is 23.2 Å². The quantitative estimate of drug-likeness (QED) is 0.859. The zero-order chi connectivity index (χ0) is 12.3. The predicted molar refractivity (Wildman–Crippen MR) is 67.4 cm³/mol. The summed E-state index contributed by atoms with van der Waals surface area (Å²) in [4.78, 5) is 0. The predicted octanol–water partition coefficient (Wildman–Crippen LogP) is 2.90. The van der Waals surface area contributed by atoms with Crippen molar-refractivity contribution < 1.29 is 4.74 Å². The average Bonchev–Trinajstić information content (AvgIpc) is 2.74. The summed E-state index contributed by atoms with van der Waals surface area (Å²) < 4.78 is 6.91. The first-order chi connectivity index (χ1) is 8.22. The Hall–Kier alpha value is -1.10. The lowest BCUT2D eigenvalue weighted by Crippen LogP contribution is -2.05. The third kappa shape index (κ3) is 2.77. The standard InChI is InChI=1S/C11H11Cl2N3O/c1-17-5-4-16-7-14-15-11(16)9-3-2-8(12)6-10(9)13/h2-3,6-7H,4-5H2,1H3. The maximum Gasteiger partial charge on any atom is 0.165 e. The number of benzene rings is 1. The number of ether oxygens (including phenoxy) is 1. The van der Waals surface area contributed by atoms with Gasteiger partial charge in [0.2, 0.25) is 0 Å². The van der Waals surface area contributed by atoms with Gasteiger partial charge in [0.05, 0.1) is 11.6 Å². The Balaban J connectivity index is 2.35. The molecule has 0 aliphatic carbocycles. The maximum absolute atomic E-state index is 6.13. The fraction of sp³-hybridized carbons (Fsp3) is 0.273. The lowest BCUT2D eigenvalue weighted by atomic mass is 10.2. The number of methoxy groups -OCH3 is 1. The van der Waals surface area contributed by atoms with E-state index >= 15 is 0 Å². The molecule has 6 heteroatoms. The molecular weight excluding hydrogens is 261 g/mol. The lowest BCUT2D eigenvalue weighted by molar-refractivity contribution is 0.187. The number of aromatic nitrogens is 3. The molecule has 4 nitrogen and oxygen atoms in total. The molecule has 0 N–H and O–H groups in total. The van der Waals surface area contributed by atoms with Crippen LogP contribution in [-0.2, 0) is 11.3 Å². The summed E-state index contributed by atoms with van der Waals surface area (Å²) in [5.41, 5.74) is 0.810. The highest BCUT2D eigenvalue weighted by atomic mass is 35.5. The number of nitrogens with zero attached hydrogens (tertiary/aromatic N) is 3. The summed E-state index contributed by atoms with van der Waals surface area (Å²) in [5.74, 6) is 0.712. The van der Waals surface area contributed by atoms with Gasteiger partial charge in [-0.15, -0.1) is 10.2 Å². The van der Waals surface area contributed by atoms with Crippen molar-refractivity contribution in [3.63, 3.8) is 0 Å². The Morgan fingerprint density at radius 1 is 1.35 bits per heavy atom. The van der Waals surface area contributed by atoms with Crippen LogP contribution in [0.3, 0.4) is 0 Å². The Labute approximate surface area is 109 Å². The normalized spacial score (nSPS) is 10.8. The van der Waals surface area contributed by atoms with Crippen LogP contribution in [0.15, 0.2) is 24.5 Å². The van der Waals surface area contributed by atoms with Crippen LogP contribution < -0.4 is 0 Å². The molecule has 1 aromatic carbocycles. The average molecular weight is 272 g/mol. The van der Waals surface area contributed by atoms with Crippen molar-refractivity contribution in [2.24, 2.45) is 0 Å². The van der Waals surface area contributed by atoms with Crippen molar-refractivity contribution in [3.05, 3.63) is 34.6 Å². The molecule has 0 bridgehead atoms. The highest BCUT2D eigenvalue weighted by molar-refractivity contribution is 6.36. The van der Waals surface area contributed by atoms with Gasteiger partial charge in [-0.2, -0.15) is 0 Å². The van der Waals surface area contributed by atoms with Crippen LogP contribution in [0.1, 0.15) is 0 Å². The van der Waals surface area contributed by atoms with Crippen molar-refractivity contribution in [2.45, 2.75) is 6.54 Å². The Kier molecular flexibility index (Phi) is 3.99. The van der Waals surface area contributed by atoms with E-state index in [9.17, 15) is 0 Å². The number of rotatable bonds is 4. The Bertz CT molecular complexity index is 513. The van der Waals surface area contributed by atoms with E-state index in [1.165, 1.54) is 0 Å². The van der Waals surface area contributed by atoms with Crippen molar-refractivity contribution in [3.8, 4) is 11.4 Å². The molecule has 0 aliphatic heterocycles. The van der Waals surface area contributed by atoms with Crippen LogP contribution in [0.4, 0.5) is 0 Å². The fourth-order valence-electron chi connectivity index (χ4n) is 1.49. The van der Waals surface area contributed by atoms with Gasteiger partial charge in [0.15, 0.2) is 5.82 Å². The van der Waals surface area contributed by atoms with Gasteiger partial charge >= 0.3 is 0 Å². The van der Waals surface area contributed by atoms with Gasteiger partial charge in [-0.1, -0.05) is 23.2 Å². The summed E-state index contributed by atoms with van der Waals surface area (Å²) in [6.45, 7) is 1.27. The highest BCUT2D eigenvalue weighted by Gasteiger charge is 2.11. The second kappa shape index (κ2) is 5.49. The minimum Gasteiger partial charge on any atom is -0.383 e. The van der Waals surface area contributed by atoms with E-state index in [-0.39, 0.29) is 0 Å². The molecule has 90 valence electrons. The van der Waals surface area contributed by atoms with Gasteiger partial charge in [-0.05, 0) is 18.2 Å². The molecule has 0 aliphatic rings. The van der Waals surface area contributed by atoms with Crippen molar-refractivity contribution in [2.75, 3.05) is 13.7 Å². The first-order valence-corrected chi connectivity index (χ1v) is 5.80. The monoisotopic (exact) mass is 271 g/mol. The SMILES string of the molecule is COCCn1cnnc1-c1ccc(Cl)cc1Cl. The van der Waals surface area contributed by atoms with E-state index < -0.39 is 0 Å². The first-order valence-electron chi connectivity index (χ1n) is 5.04. The molecule has 2 aromatic rings. The largest absolute Gasteiger partial charge is 0.383 e. The third-order valence-electron chi connectivity index (χ3n) is 2.32. The van der Waals surface area contributed by atoms with Crippen LogP contribution in [-0.4, -0.2) is 28.5 Å². The van der Waals surface area contributed by atoms with Gasteiger partial charge in [0.1, 0.15) is 6.33 Å². The number of hydrogen-bond donors (Lipinski definition) is 0. The maximum atomic E-state index is 6.13. The zero-order valence-electron chi connectivity index (χ0n) is 9.23. The molecule has 0 atom stereocenters. The fourth-order valence-corrected chi connectivity index (χ4v) is 1.98. The van der Waals surface area contributed by atoms with E-state index in [2.05, 4.69) is 10.2 Å². The van der Waals surface area contributed by atoms with Crippen molar-refractivity contribution in [1.29, 1.82) is 0 Å². The smallest absolute Gasteiger partial charge is 0.165 e. The molecule has 0 radical (unpaired) electrons. The first kappa shape index (κ1) is 12.4. The summed E-state index contributed by atoms with van der Waals surface area (Å²) in [6.07, 6.45) is 1.65. The Morgan fingerprint density at radius 2 is 2.18 bits per heavy atom. The summed E-state index contributed by atoms with van der Waals surface area (Å²) in [6, 6.07) is 5.30. The molecule has 1 heterocycles. The topological polar surface area (TPSA) is 39.9 Å². The number of hydrogen-bond acceptors (Lipinski definition) is 3. The lowest BCUT2D eigenvalue weighted by Gasteiger charge is -2.07. The molecular formula is C11H11Cl2N3O. The molecule has 0 fully saturated rings. The van der Waals surface area contributed by atoms with E-state index in [1.807, 2.05) is 10.6 Å². The summed E-state index contributed by atoms with van der Waals surface area (Å²) in [5, 5.41) is 9.10. The van der Waals surface area contributed by atoms with Crippen molar-refractivity contribution in [1.82, 2.24) is 14.8 Å². The van der Waals surface area contributed by atoms with E-state index in [4.69, 9.17) is 27.9 Å². The van der Waals surface area contributed by atoms with E-state index in [0.29, 0.717) is 29.0 Å². The highest BCUT2D eigenvalue weighted by Crippen LogP contribution is 2.28. The van der Waals surface area contributed by atoms with Gasteiger partial charge in [-0.25, -0.2) is 0 Å². The van der Waals surface area contributed by atoms with Crippen LogP contribution in [0.5, 0.6) is 0 Å². The summed E-state index contributed by atoms with van der Waals surface area (Å²) >= 11 is 12.0. The van der Waals surface area contributed by atoms with Gasteiger partial charge in [0.25, 0.3) is 0 Å². The van der Waals surface area contributed by atoms with Crippen LogP contribution in [0, 0.1) is 0 Å². The molecule has 2 rings (SSSR count). The molecule has 0 saturated carbocycles. The van der Waals surface area contributed by atoms with E-state index in [0.717, 1.165) is 5.56 Å². The van der Waals surface area contributed by atoms with Gasteiger partial charge < -0.3 is 9.30 Å². The van der Waals surface area contributed by atoms with Gasteiger partial charge in [0, 0.05) is 24.2 Å². The second-order valence-electron chi connectivity index (χ2n) is 3.46. The van der Waals surface area contributed by atoms with Crippen LogP contribution in [0.2, 0.25) is 10.0 Å². The Morgan fingerprint density at radius 3 is 2.88 bits per heavy atom. The van der Waals surface area contributed by atoms with E-state index in [1.54, 1.807) is 25.6 Å².